The van der Waals surface area contributed by atoms with Gasteiger partial charge in [0.1, 0.15) is 0 Å². The summed E-state index contributed by atoms with van der Waals surface area (Å²) in [4.78, 5) is 4.20. The van der Waals surface area contributed by atoms with Gasteiger partial charge in [-0.1, -0.05) is 0 Å². The van der Waals surface area contributed by atoms with E-state index >= 15 is 0 Å². The van der Waals surface area contributed by atoms with E-state index in [1.165, 1.54) is 0 Å². The number of aromatic nitrogens is 3. The van der Waals surface area contributed by atoms with E-state index in [9.17, 15) is 0 Å². The van der Waals surface area contributed by atoms with Crippen molar-refractivity contribution in [2.24, 2.45) is 7.05 Å². The molecule has 0 saturated heterocycles. The minimum Gasteiger partial charge on any atom is -0.493 e. The third kappa shape index (κ3) is 2.31. The molecular weight excluding hydrogens is 204 g/mol. The van der Waals surface area contributed by atoms with Gasteiger partial charge in [0.15, 0.2) is 11.6 Å². The lowest BCUT2D eigenvalue weighted by atomic mass is 10.4. The maximum Gasteiger partial charge on any atom is 0.169 e. The van der Waals surface area contributed by atoms with Crippen LogP contribution in [0.2, 0.25) is 0 Å². The van der Waals surface area contributed by atoms with Crippen LogP contribution >= 0.6 is 0 Å². The van der Waals surface area contributed by atoms with E-state index in [0.717, 1.165) is 17.3 Å². The van der Waals surface area contributed by atoms with E-state index in [4.69, 9.17) is 4.74 Å². The molecule has 0 fully saturated rings. The molecule has 0 amide bonds. The third-order valence-electron chi connectivity index (χ3n) is 2.20. The number of methoxy groups -OCH3 is 1. The van der Waals surface area contributed by atoms with Gasteiger partial charge in [-0.25, -0.2) is 4.98 Å². The van der Waals surface area contributed by atoms with Gasteiger partial charge in [0.25, 0.3) is 0 Å². The summed E-state index contributed by atoms with van der Waals surface area (Å²) < 4.78 is 6.96. The Morgan fingerprint density at radius 1 is 1.44 bits per heavy atom. The molecule has 0 unspecified atom stereocenters. The Labute approximate surface area is 94.1 Å². The van der Waals surface area contributed by atoms with Crippen molar-refractivity contribution < 1.29 is 4.74 Å². The van der Waals surface area contributed by atoms with E-state index < -0.39 is 0 Å². The molecule has 0 bridgehead atoms. The minimum absolute atomic E-state index is 0.633. The van der Waals surface area contributed by atoms with Gasteiger partial charge in [-0.15, -0.1) is 0 Å². The first-order chi connectivity index (χ1) is 7.79. The van der Waals surface area contributed by atoms with Crippen LogP contribution in [-0.2, 0) is 13.6 Å². The topological polar surface area (TPSA) is 52.0 Å². The number of aryl methyl sites for hydroxylation is 1. The number of anilines is 1. The summed E-state index contributed by atoms with van der Waals surface area (Å²) in [5.74, 6) is 1.47. The number of hydrogen-bond acceptors (Lipinski definition) is 4. The maximum absolute atomic E-state index is 5.19. The van der Waals surface area contributed by atoms with Gasteiger partial charge in [-0.2, -0.15) is 5.10 Å². The van der Waals surface area contributed by atoms with Crippen LogP contribution in [0, 0.1) is 0 Å². The Balaban J connectivity index is 2.04. The first kappa shape index (κ1) is 10.5. The molecule has 2 aromatic rings. The Hall–Kier alpha value is -2.04. The van der Waals surface area contributed by atoms with Crippen LogP contribution in [0.1, 0.15) is 5.69 Å². The van der Waals surface area contributed by atoms with Crippen LogP contribution in [0.15, 0.2) is 30.6 Å². The van der Waals surface area contributed by atoms with Gasteiger partial charge < -0.3 is 10.1 Å². The van der Waals surface area contributed by atoms with Gasteiger partial charge in [-0.3, -0.25) is 4.68 Å². The molecule has 84 valence electrons. The van der Waals surface area contributed by atoms with Crippen molar-refractivity contribution in [1.82, 2.24) is 14.8 Å². The molecule has 0 atom stereocenters. The summed E-state index contributed by atoms with van der Waals surface area (Å²) >= 11 is 0. The number of nitrogens with one attached hydrogen (secondary N) is 1. The quantitative estimate of drug-likeness (QED) is 0.843. The number of nitrogens with zero attached hydrogens (tertiary/aromatic N) is 3. The Morgan fingerprint density at radius 2 is 2.31 bits per heavy atom. The molecule has 0 aliphatic rings. The Bertz CT molecular complexity index is 467. The second-order valence-electron chi connectivity index (χ2n) is 3.39. The fraction of sp³-hybridized carbons (Fsp3) is 0.273. The molecule has 0 aliphatic heterocycles. The second-order valence-corrected chi connectivity index (χ2v) is 3.39. The van der Waals surface area contributed by atoms with Crippen LogP contribution in [-0.4, -0.2) is 21.9 Å². The first-order valence-corrected chi connectivity index (χ1v) is 5.01. The zero-order chi connectivity index (χ0) is 11.4. The van der Waals surface area contributed by atoms with Crippen LogP contribution in [0.4, 0.5) is 5.82 Å². The highest BCUT2D eigenvalue weighted by Crippen LogP contribution is 2.20. The molecule has 0 aromatic carbocycles. The van der Waals surface area contributed by atoms with Gasteiger partial charge in [-0.05, 0) is 18.2 Å². The molecule has 2 rings (SSSR count). The van der Waals surface area contributed by atoms with Crippen molar-refractivity contribution in [3.05, 3.63) is 36.3 Å². The maximum atomic E-state index is 5.19. The highest BCUT2D eigenvalue weighted by Gasteiger charge is 2.03. The fourth-order valence-corrected chi connectivity index (χ4v) is 1.42. The van der Waals surface area contributed by atoms with Crippen LogP contribution < -0.4 is 10.1 Å². The summed E-state index contributed by atoms with van der Waals surface area (Å²) in [6, 6.07) is 5.67. The van der Waals surface area contributed by atoms with Gasteiger partial charge in [0, 0.05) is 19.4 Å². The average molecular weight is 218 g/mol. The molecule has 16 heavy (non-hydrogen) atoms. The summed E-state index contributed by atoms with van der Waals surface area (Å²) in [5.41, 5.74) is 0.968. The van der Waals surface area contributed by atoms with Crippen molar-refractivity contribution in [3.8, 4) is 5.75 Å². The minimum atomic E-state index is 0.633. The highest BCUT2D eigenvalue weighted by atomic mass is 16.5. The molecule has 0 radical (unpaired) electrons. The molecule has 5 nitrogen and oxygen atoms in total. The van der Waals surface area contributed by atoms with Crippen LogP contribution in [0.3, 0.4) is 0 Å². The normalized spacial score (nSPS) is 10.1. The molecule has 2 heterocycles. The number of rotatable bonds is 4. The summed E-state index contributed by atoms with van der Waals surface area (Å²) in [6.07, 6.45) is 3.63. The van der Waals surface area contributed by atoms with E-state index in [1.54, 1.807) is 18.0 Å². The second kappa shape index (κ2) is 4.65. The molecule has 0 saturated carbocycles. The lowest BCUT2D eigenvalue weighted by Gasteiger charge is -2.07. The van der Waals surface area contributed by atoms with E-state index in [0.29, 0.717) is 6.54 Å². The standard InChI is InChI=1S/C11H14N4O/c1-15-7-5-9(14-15)8-13-11-10(16-2)4-3-6-12-11/h3-7H,8H2,1-2H3,(H,12,13). The zero-order valence-electron chi connectivity index (χ0n) is 9.34. The van der Waals surface area contributed by atoms with Gasteiger partial charge in [0.05, 0.1) is 19.3 Å². The molecule has 0 spiro atoms. The predicted molar refractivity (Wildman–Crippen MR) is 61.3 cm³/mol. The largest absolute Gasteiger partial charge is 0.493 e. The summed E-state index contributed by atoms with van der Waals surface area (Å²) in [5, 5.41) is 7.45. The average Bonchev–Trinajstić information content (AvgIpc) is 2.73. The van der Waals surface area contributed by atoms with Crippen LogP contribution in [0.25, 0.3) is 0 Å². The van der Waals surface area contributed by atoms with Gasteiger partial charge in [0.2, 0.25) is 0 Å². The van der Waals surface area contributed by atoms with Crippen LogP contribution in [0.5, 0.6) is 5.75 Å². The van der Waals surface area contributed by atoms with E-state index in [2.05, 4.69) is 15.4 Å². The monoisotopic (exact) mass is 218 g/mol. The van der Waals surface area contributed by atoms with Crippen molar-refractivity contribution in [2.75, 3.05) is 12.4 Å². The molecule has 0 aliphatic carbocycles. The first-order valence-electron chi connectivity index (χ1n) is 5.01. The van der Waals surface area contributed by atoms with Crippen molar-refractivity contribution in [2.45, 2.75) is 6.54 Å². The smallest absolute Gasteiger partial charge is 0.169 e. The number of pyridine rings is 1. The molecular formula is C11H14N4O. The Morgan fingerprint density at radius 3 is 3.00 bits per heavy atom. The lowest BCUT2D eigenvalue weighted by molar-refractivity contribution is 0.415. The van der Waals surface area contributed by atoms with E-state index in [-0.39, 0.29) is 0 Å². The molecule has 2 aromatic heterocycles. The Kier molecular flexibility index (Phi) is 3.05. The molecule has 1 N–H and O–H groups in total. The number of ether oxygens (including phenoxy) is 1. The summed E-state index contributed by atoms with van der Waals surface area (Å²) in [7, 11) is 3.52. The fourth-order valence-electron chi connectivity index (χ4n) is 1.42. The lowest BCUT2D eigenvalue weighted by Crippen LogP contribution is -2.04. The van der Waals surface area contributed by atoms with Crippen molar-refractivity contribution in [1.29, 1.82) is 0 Å². The van der Waals surface area contributed by atoms with Gasteiger partial charge >= 0.3 is 0 Å². The third-order valence-corrected chi connectivity index (χ3v) is 2.20. The SMILES string of the molecule is COc1cccnc1NCc1ccn(C)n1. The molecule has 5 heteroatoms. The van der Waals surface area contributed by atoms with Crippen molar-refractivity contribution in [3.63, 3.8) is 0 Å². The predicted octanol–water partition coefficient (Wildman–Crippen LogP) is 1.44. The number of hydrogen-bond donors (Lipinski definition) is 1. The van der Waals surface area contributed by atoms with Crippen molar-refractivity contribution >= 4 is 5.82 Å². The summed E-state index contributed by atoms with van der Waals surface area (Å²) in [6.45, 7) is 0.633. The zero-order valence-corrected chi connectivity index (χ0v) is 9.34. The van der Waals surface area contributed by atoms with E-state index in [1.807, 2.05) is 31.4 Å². The highest BCUT2D eigenvalue weighted by molar-refractivity contribution is 5.49.